The van der Waals surface area contributed by atoms with Crippen molar-refractivity contribution in [1.29, 1.82) is 0 Å². The number of ether oxygens (including phenoxy) is 2. The van der Waals surface area contributed by atoms with Gasteiger partial charge in [0.25, 0.3) is 5.91 Å². The molecule has 0 bridgehead atoms. The second-order valence-electron chi connectivity index (χ2n) is 6.90. The second-order valence-corrected chi connectivity index (χ2v) is 7.31. The Kier molecular flexibility index (Phi) is 6.32. The summed E-state index contributed by atoms with van der Waals surface area (Å²) in [6.07, 6.45) is 1.31. The van der Waals surface area contributed by atoms with Crippen LogP contribution in [0.1, 0.15) is 10.4 Å². The molecule has 10 heteroatoms. The van der Waals surface area contributed by atoms with Gasteiger partial charge in [0.2, 0.25) is 0 Å². The first-order valence-corrected chi connectivity index (χ1v) is 10.2. The molecule has 0 unspecified atom stereocenters. The average molecular weight is 465 g/mol. The van der Waals surface area contributed by atoms with E-state index in [9.17, 15) is 4.79 Å². The molecule has 0 atom stereocenters. The third-order valence-electron chi connectivity index (χ3n) is 4.94. The van der Waals surface area contributed by atoms with Crippen molar-refractivity contribution in [1.82, 2.24) is 15.4 Å². The molecule has 168 valence electrons. The first-order chi connectivity index (χ1) is 16.0. The first-order valence-electron chi connectivity index (χ1n) is 9.85. The molecule has 0 spiro atoms. The predicted molar refractivity (Wildman–Crippen MR) is 129 cm³/mol. The van der Waals surface area contributed by atoms with E-state index in [-0.39, 0.29) is 17.4 Å². The van der Waals surface area contributed by atoms with E-state index in [1.807, 2.05) is 36.4 Å². The molecule has 4 aromatic rings. The van der Waals surface area contributed by atoms with Gasteiger partial charge >= 0.3 is 0 Å². The Hall–Kier alpha value is -4.24. The van der Waals surface area contributed by atoms with E-state index in [0.717, 1.165) is 10.8 Å². The summed E-state index contributed by atoms with van der Waals surface area (Å²) in [4.78, 5) is 21.1. The van der Waals surface area contributed by atoms with Crippen molar-refractivity contribution in [2.45, 2.75) is 0 Å². The molecule has 9 nitrogen and oxygen atoms in total. The van der Waals surface area contributed by atoms with Gasteiger partial charge in [0.05, 0.1) is 24.9 Å². The number of hydrogen-bond donors (Lipinski definition) is 4. The van der Waals surface area contributed by atoms with Gasteiger partial charge in [-0.1, -0.05) is 48.0 Å². The van der Waals surface area contributed by atoms with E-state index in [2.05, 4.69) is 26.1 Å². The van der Waals surface area contributed by atoms with Gasteiger partial charge in [-0.25, -0.2) is 9.97 Å². The zero-order valence-electron chi connectivity index (χ0n) is 17.8. The number of rotatable bonds is 7. The smallest absolute Gasteiger partial charge is 0.270 e. The fraction of sp³-hybridized carbons (Fsp3) is 0.0870. The zero-order valence-corrected chi connectivity index (χ0v) is 18.6. The van der Waals surface area contributed by atoms with Crippen LogP contribution in [-0.2, 0) is 0 Å². The molecule has 0 saturated carbocycles. The van der Waals surface area contributed by atoms with Crippen LogP contribution in [0.4, 0.5) is 23.0 Å². The van der Waals surface area contributed by atoms with Gasteiger partial charge in [0.15, 0.2) is 11.6 Å². The summed E-state index contributed by atoms with van der Waals surface area (Å²) in [5.41, 5.74) is 12.9. The number of hydrogen-bond acceptors (Lipinski definition) is 8. The maximum absolute atomic E-state index is 12.8. The van der Waals surface area contributed by atoms with Crippen molar-refractivity contribution in [2.24, 2.45) is 0 Å². The lowest BCUT2D eigenvalue weighted by molar-refractivity contribution is 0.0964. The lowest BCUT2D eigenvalue weighted by Crippen LogP contribution is -2.30. The minimum atomic E-state index is -0.331. The first kappa shape index (κ1) is 22.0. The van der Waals surface area contributed by atoms with Gasteiger partial charge in [0.1, 0.15) is 23.5 Å². The molecule has 5 N–H and O–H groups in total. The average Bonchev–Trinajstić information content (AvgIpc) is 2.84. The summed E-state index contributed by atoms with van der Waals surface area (Å²) in [6, 6.07) is 16.4. The molecule has 0 radical (unpaired) electrons. The number of nitrogens with one attached hydrogen (secondary N) is 3. The third-order valence-corrected chi connectivity index (χ3v) is 5.23. The number of nitrogens with two attached hydrogens (primary N) is 1. The molecule has 3 aromatic carbocycles. The molecule has 4 rings (SSSR count). The van der Waals surface area contributed by atoms with Crippen molar-refractivity contribution in [3.8, 4) is 11.5 Å². The quantitative estimate of drug-likeness (QED) is 0.297. The van der Waals surface area contributed by atoms with Crippen LogP contribution in [0.5, 0.6) is 11.5 Å². The second kappa shape index (κ2) is 9.49. The van der Waals surface area contributed by atoms with Crippen molar-refractivity contribution < 1.29 is 14.3 Å². The van der Waals surface area contributed by atoms with Crippen LogP contribution in [0.3, 0.4) is 0 Å². The molecule has 0 aliphatic rings. The van der Waals surface area contributed by atoms with Crippen molar-refractivity contribution in [3.63, 3.8) is 0 Å². The standard InChI is InChI=1S/C23H21ClN6O3/c1-32-18-11-19(33-2)17(10-16(18)24)28-21-20(25)22(27-12-26-21)29-30-23(31)15-9-5-7-13-6-3-4-8-14(13)15/h3-12H,25H2,1-2H3,(H,30,31)(H2,26,27,28,29). The highest BCUT2D eigenvalue weighted by Crippen LogP contribution is 2.38. The Morgan fingerprint density at radius 1 is 0.970 bits per heavy atom. The Bertz CT molecular complexity index is 1330. The topological polar surface area (TPSA) is 123 Å². The molecule has 0 fully saturated rings. The van der Waals surface area contributed by atoms with Crippen LogP contribution in [0.15, 0.2) is 60.9 Å². The molecule has 33 heavy (non-hydrogen) atoms. The number of anilines is 4. The summed E-state index contributed by atoms with van der Waals surface area (Å²) in [5.74, 6) is 1.13. The number of benzene rings is 3. The van der Waals surface area contributed by atoms with E-state index in [0.29, 0.717) is 33.6 Å². The monoisotopic (exact) mass is 464 g/mol. The number of amides is 1. The SMILES string of the molecule is COc1cc(OC)c(Nc2ncnc(NNC(=O)c3cccc4ccccc34)c2N)cc1Cl. The van der Waals surface area contributed by atoms with Gasteiger partial charge in [-0.15, -0.1) is 0 Å². The molecule has 1 aromatic heterocycles. The highest BCUT2D eigenvalue weighted by molar-refractivity contribution is 6.32. The number of aromatic nitrogens is 2. The highest BCUT2D eigenvalue weighted by Gasteiger charge is 2.15. The number of fused-ring (bicyclic) bond motifs is 1. The Morgan fingerprint density at radius 3 is 2.48 bits per heavy atom. The zero-order chi connectivity index (χ0) is 23.4. The summed E-state index contributed by atoms with van der Waals surface area (Å²) >= 11 is 6.24. The normalized spacial score (nSPS) is 10.5. The molecular weight excluding hydrogens is 444 g/mol. The Balaban J connectivity index is 1.54. The van der Waals surface area contributed by atoms with E-state index in [1.165, 1.54) is 20.5 Å². The van der Waals surface area contributed by atoms with E-state index in [4.69, 9.17) is 26.8 Å². The fourth-order valence-electron chi connectivity index (χ4n) is 3.29. The number of hydrazine groups is 1. The number of nitrogens with zero attached hydrogens (tertiary/aromatic N) is 2. The number of carbonyl (C=O) groups excluding carboxylic acids is 1. The van der Waals surface area contributed by atoms with Crippen LogP contribution >= 0.6 is 11.6 Å². The minimum Gasteiger partial charge on any atom is -0.495 e. The third kappa shape index (κ3) is 4.53. The number of carbonyl (C=O) groups is 1. The van der Waals surface area contributed by atoms with E-state index < -0.39 is 0 Å². The van der Waals surface area contributed by atoms with Gasteiger partial charge in [-0.2, -0.15) is 0 Å². The van der Waals surface area contributed by atoms with Crippen molar-refractivity contribution in [2.75, 3.05) is 30.7 Å². The number of halogens is 1. The van der Waals surface area contributed by atoms with Crippen molar-refractivity contribution >= 4 is 51.3 Å². The highest BCUT2D eigenvalue weighted by atomic mass is 35.5. The lowest BCUT2D eigenvalue weighted by Gasteiger charge is -2.16. The lowest BCUT2D eigenvalue weighted by atomic mass is 10.0. The van der Waals surface area contributed by atoms with Crippen LogP contribution in [0, 0.1) is 0 Å². The molecule has 0 saturated heterocycles. The Morgan fingerprint density at radius 2 is 1.70 bits per heavy atom. The molecule has 1 heterocycles. The maximum atomic E-state index is 12.8. The molecular formula is C23H21ClN6O3. The Labute approximate surface area is 194 Å². The summed E-state index contributed by atoms with van der Waals surface area (Å²) < 4.78 is 10.6. The van der Waals surface area contributed by atoms with Gasteiger partial charge in [-0.05, 0) is 22.9 Å². The number of methoxy groups -OCH3 is 2. The molecule has 0 aliphatic carbocycles. The predicted octanol–water partition coefficient (Wildman–Crippen LogP) is 4.38. The van der Waals surface area contributed by atoms with Crippen LogP contribution in [0.2, 0.25) is 5.02 Å². The van der Waals surface area contributed by atoms with Gasteiger partial charge in [0, 0.05) is 11.6 Å². The summed E-state index contributed by atoms with van der Waals surface area (Å²) in [5, 5.41) is 5.25. The van der Waals surface area contributed by atoms with Crippen LogP contribution in [0.25, 0.3) is 10.8 Å². The summed E-state index contributed by atoms with van der Waals surface area (Å²) in [6.45, 7) is 0. The minimum absolute atomic E-state index is 0.185. The number of nitrogen functional groups attached to an aromatic ring is 1. The van der Waals surface area contributed by atoms with E-state index in [1.54, 1.807) is 18.2 Å². The largest absolute Gasteiger partial charge is 0.495 e. The van der Waals surface area contributed by atoms with Crippen molar-refractivity contribution in [3.05, 3.63) is 71.5 Å². The van der Waals surface area contributed by atoms with Crippen LogP contribution < -0.4 is 31.4 Å². The van der Waals surface area contributed by atoms with E-state index >= 15 is 0 Å². The molecule has 0 aliphatic heterocycles. The summed E-state index contributed by atoms with van der Waals surface area (Å²) in [7, 11) is 3.04. The fourth-order valence-corrected chi connectivity index (χ4v) is 3.53. The molecule has 1 amide bonds. The van der Waals surface area contributed by atoms with Gasteiger partial charge < -0.3 is 20.5 Å². The van der Waals surface area contributed by atoms with Gasteiger partial charge in [-0.3, -0.25) is 15.6 Å². The van der Waals surface area contributed by atoms with Crippen LogP contribution in [-0.4, -0.2) is 30.1 Å². The maximum Gasteiger partial charge on any atom is 0.270 e.